The van der Waals surface area contributed by atoms with E-state index < -0.39 is 5.66 Å². The molecule has 3 aliphatic heterocycles. The molecule has 2 aromatic heterocycles. The standard InChI is InChI=1S/C22H15N3O2/c1-23-12-13-25-21(23)14-6-4-7-15-19(14)22(25)20-16(26-15)8-5-9-17(20)27-18-10-2-3-11-24(18)22/h2-13H,1H3/q+2. The van der Waals surface area contributed by atoms with Crippen LogP contribution in [0.15, 0.2) is 73.2 Å². The van der Waals surface area contributed by atoms with Crippen LogP contribution in [0, 0.1) is 0 Å². The van der Waals surface area contributed by atoms with Gasteiger partial charge in [-0.3, -0.25) is 0 Å². The summed E-state index contributed by atoms with van der Waals surface area (Å²) >= 11 is 0. The van der Waals surface area contributed by atoms with Crippen LogP contribution in [0.4, 0.5) is 0 Å². The third kappa shape index (κ3) is 1.31. The number of fused-ring (bicyclic) bond motifs is 3. The maximum atomic E-state index is 6.35. The monoisotopic (exact) mass is 353 g/mol. The minimum atomic E-state index is -0.554. The van der Waals surface area contributed by atoms with Crippen molar-refractivity contribution in [1.82, 2.24) is 4.57 Å². The van der Waals surface area contributed by atoms with Crippen LogP contribution in [0.1, 0.15) is 11.1 Å². The summed E-state index contributed by atoms with van der Waals surface area (Å²) in [7, 11) is 2.09. The number of hydrogen-bond acceptors (Lipinski definition) is 2. The third-order valence-electron chi connectivity index (χ3n) is 5.91. The molecule has 2 aromatic carbocycles. The number of ether oxygens (including phenoxy) is 2. The lowest BCUT2D eigenvalue weighted by Gasteiger charge is -2.34. The van der Waals surface area contributed by atoms with Crippen molar-refractivity contribution >= 4 is 0 Å². The van der Waals surface area contributed by atoms with Crippen molar-refractivity contribution in [2.75, 3.05) is 0 Å². The van der Waals surface area contributed by atoms with E-state index >= 15 is 0 Å². The molecule has 1 unspecified atom stereocenters. The number of aromatic nitrogens is 3. The normalized spacial score (nSPS) is 19.3. The largest absolute Gasteiger partial charge is 0.456 e. The van der Waals surface area contributed by atoms with E-state index in [-0.39, 0.29) is 0 Å². The molecule has 1 atom stereocenters. The second-order valence-electron chi connectivity index (χ2n) is 7.20. The van der Waals surface area contributed by atoms with Gasteiger partial charge in [-0.25, -0.2) is 4.57 Å². The molecule has 5 heteroatoms. The maximum Gasteiger partial charge on any atom is 0.377 e. The zero-order valence-electron chi connectivity index (χ0n) is 14.6. The predicted octanol–water partition coefficient (Wildman–Crippen LogP) is 3.09. The van der Waals surface area contributed by atoms with Crippen molar-refractivity contribution in [3.05, 3.63) is 84.3 Å². The highest BCUT2D eigenvalue weighted by Crippen LogP contribution is 2.59. The summed E-state index contributed by atoms with van der Waals surface area (Å²) in [5.74, 6) is 4.54. The van der Waals surface area contributed by atoms with Crippen molar-refractivity contribution in [3.8, 4) is 34.5 Å². The summed E-state index contributed by atoms with van der Waals surface area (Å²) in [5, 5.41) is 0. The Bertz CT molecular complexity index is 1290. The van der Waals surface area contributed by atoms with Gasteiger partial charge in [0.05, 0.1) is 18.7 Å². The lowest BCUT2D eigenvalue weighted by molar-refractivity contribution is -0.757. The second-order valence-corrected chi connectivity index (χ2v) is 7.20. The Morgan fingerprint density at radius 2 is 1.59 bits per heavy atom. The van der Waals surface area contributed by atoms with Gasteiger partial charge in [0, 0.05) is 6.07 Å². The lowest BCUT2D eigenvalue weighted by atomic mass is 9.85. The van der Waals surface area contributed by atoms with Crippen molar-refractivity contribution < 1.29 is 18.6 Å². The van der Waals surface area contributed by atoms with Gasteiger partial charge in [-0.2, -0.15) is 4.57 Å². The van der Waals surface area contributed by atoms with Crippen molar-refractivity contribution in [1.29, 1.82) is 0 Å². The van der Waals surface area contributed by atoms with Gasteiger partial charge in [-0.15, -0.1) is 4.57 Å². The van der Waals surface area contributed by atoms with Crippen LogP contribution in [0.5, 0.6) is 23.1 Å². The first-order valence-electron chi connectivity index (χ1n) is 9.02. The van der Waals surface area contributed by atoms with Gasteiger partial charge in [-0.1, -0.05) is 12.1 Å². The van der Waals surface area contributed by atoms with E-state index in [2.05, 4.69) is 63.6 Å². The molecule has 7 rings (SSSR count). The van der Waals surface area contributed by atoms with E-state index in [1.807, 2.05) is 30.3 Å². The molecular formula is C22H15N3O2+2. The van der Waals surface area contributed by atoms with E-state index in [9.17, 15) is 0 Å². The Morgan fingerprint density at radius 3 is 2.48 bits per heavy atom. The van der Waals surface area contributed by atoms with Crippen LogP contribution >= 0.6 is 0 Å². The maximum absolute atomic E-state index is 6.35. The van der Waals surface area contributed by atoms with E-state index in [0.29, 0.717) is 0 Å². The Kier molecular flexibility index (Phi) is 2.11. The Morgan fingerprint density at radius 1 is 0.815 bits per heavy atom. The zero-order valence-corrected chi connectivity index (χ0v) is 14.6. The van der Waals surface area contributed by atoms with Crippen LogP contribution in [-0.4, -0.2) is 4.57 Å². The summed E-state index contributed by atoms with van der Waals surface area (Å²) in [4.78, 5) is 0. The van der Waals surface area contributed by atoms with Crippen LogP contribution < -0.4 is 18.6 Å². The van der Waals surface area contributed by atoms with Crippen molar-refractivity contribution in [2.45, 2.75) is 5.66 Å². The molecule has 0 saturated carbocycles. The summed E-state index contributed by atoms with van der Waals surface area (Å²) in [6, 6.07) is 18.4. The van der Waals surface area contributed by atoms with E-state index in [1.165, 1.54) is 5.56 Å². The van der Waals surface area contributed by atoms with Crippen molar-refractivity contribution in [2.24, 2.45) is 7.05 Å². The van der Waals surface area contributed by atoms with Gasteiger partial charge in [0.2, 0.25) is 0 Å². The molecular weight excluding hydrogens is 338 g/mol. The molecule has 0 aliphatic carbocycles. The SMILES string of the molecule is C[n+]1ccn2c1-c1cccc3c1C21c2c(cccc2Oc2cccc[n+]21)O3. The molecule has 1 spiro atoms. The fourth-order valence-corrected chi connectivity index (χ4v) is 4.98. The molecule has 0 amide bonds. The van der Waals surface area contributed by atoms with Crippen LogP contribution in [0.3, 0.4) is 0 Å². The number of benzene rings is 2. The molecule has 3 aliphatic rings. The second kappa shape index (κ2) is 4.20. The Balaban J connectivity index is 1.79. The summed E-state index contributed by atoms with van der Waals surface area (Å²) in [5.41, 5.74) is 2.84. The molecule has 0 N–H and O–H groups in total. The Hall–Kier alpha value is -3.60. The molecule has 27 heavy (non-hydrogen) atoms. The number of pyridine rings is 1. The molecule has 0 radical (unpaired) electrons. The van der Waals surface area contributed by atoms with Gasteiger partial charge in [0.25, 0.3) is 5.82 Å². The summed E-state index contributed by atoms with van der Waals surface area (Å²) in [6.07, 6.45) is 6.35. The van der Waals surface area contributed by atoms with E-state index in [4.69, 9.17) is 9.47 Å². The summed E-state index contributed by atoms with van der Waals surface area (Å²) in [6.45, 7) is 0. The van der Waals surface area contributed by atoms with Crippen molar-refractivity contribution in [3.63, 3.8) is 0 Å². The minimum absolute atomic E-state index is 0.554. The molecule has 4 aromatic rings. The average Bonchev–Trinajstić information content (AvgIpc) is 3.21. The highest BCUT2D eigenvalue weighted by molar-refractivity contribution is 5.76. The molecule has 0 fully saturated rings. The number of aryl methyl sites for hydroxylation is 1. The van der Waals surface area contributed by atoms with Gasteiger partial charge in [-0.05, 0) is 30.3 Å². The topological polar surface area (TPSA) is 31.1 Å². The molecule has 5 nitrogen and oxygen atoms in total. The average molecular weight is 353 g/mol. The van der Waals surface area contributed by atoms with Crippen LogP contribution in [0.25, 0.3) is 11.4 Å². The molecule has 128 valence electrons. The first-order valence-corrected chi connectivity index (χ1v) is 9.02. The minimum Gasteiger partial charge on any atom is -0.456 e. The first kappa shape index (κ1) is 13.6. The highest BCUT2D eigenvalue weighted by atomic mass is 16.5. The fourth-order valence-electron chi connectivity index (χ4n) is 4.98. The zero-order chi connectivity index (χ0) is 17.8. The number of hydrogen-bond donors (Lipinski definition) is 0. The fraction of sp³-hybridized carbons (Fsp3) is 0.0909. The predicted molar refractivity (Wildman–Crippen MR) is 95.8 cm³/mol. The number of imidazole rings is 1. The lowest BCUT2D eigenvalue weighted by Crippen LogP contribution is -2.63. The third-order valence-corrected chi connectivity index (χ3v) is 5.91. The molecule has 0 saturated heterocycles. The van der Waals surface area contributed by atoms with E-state index in [0.717, 1.165) is 40.1 Å². The summed E-state index contributed by atoms with van der Waals surface area (Å²) < 4.78 is 19.4. The van der Waals surface area contributed by atoms with Gasteiger partial charge >= 0.3 is 11.5 Å². The number of nitrogens with zero attached hydrogens (tertiary/aromatic N) is 3. The van der Waals surface area contributed by atoms with E-state index in [1.54, 1.807) is 0 Å². The molecule has 5 heterocycles. The smallest absolute Gasteiger partial charge is 0.377 e. The van der Waals surface area contributed by atoms with Gasteiger partial charge in [0.15, 0.2) is 17.5 Å². The Labute approximate surface area is 155 Å². The number of rotatable bonds is 0. The molecule has 0 bridgehead atoms. The van der Waals surface area contributed by atoms with Crippen LogP contribution in [0.2, 0.25) is 0 Å². The van der Waals surface area contributed by atoms with Gasteiger partial charge < -0.3 is 9.47 Å². The first-order chi connectivity index (χ1) is 13.3. The quantitative estimate of drug-likeness (QED) is 0.392. The van der Waals surface area contributed by atoms with Crippen LogP contribution in [-0.2, 0) is 12.7 Å². The van der Waals surface area contributed by atoms with Gasteiger partial charge in [0.1, 0.15) is 29.5 Å². The highest BCUT2D eigenvalue weighted by Gasteiger charge is 2.68.